The minimum Gasteiger partial charge on any atom is -0.494 e. The van der Waals surface area contributed by atoms with Crippen molar-refractivity contribution in [1.82, 2.24) is 14.9 Å². The monoisotopic (exact) mass is 377 g/mol. The summed E-state index contributed by atoms with van der Waals surface area (Å²) in [5.41, 5.74) is 1.89. The van der Waals surface area contributed by atoms with Crippen LogP contribution < -0.4 is 10.1 Å². The van der Waals surface area contributed by atoms with Gasteiger partial charge in [0, 0.05) is 30.5 Å². The van der Waals surface area contributed by atoms with Gasteiger partial charge < -0.3 is 14.6 Å². The highest BCUT2D eigenvalue weighted by atomic mass is 32.1. The molecule has 0 atom stereocenters. The number of thiophene rings is 1. The van der Waals surface area contributed by atoms with Gasteiger partial charge in [0.2, 0.25) is 0 Å². The molecule has 0 saturated carbocycles. The zero-order valence-corrected chi connectivity index (χ0v) is 15.7. The van der Waals surface area contributed by atoms with Gasteiger partial charge in [0.25, 0.3) is 5.91 Å². The van der Waals surface area contributed by atoms with Gasteiger partial charge in [0.15, 0.2) is 0 Å². The second-order valence-electron chi connectivity index (χ2n) is 5.99. The summed E-state index contributed by atoms with van der Waals surface area (Å²) in [5, 5.41) is 4.00. The maximum Gasteiger partial charge on any atom is 0.263 e. The molecule has 3 aromatic heterocycles. The van der Waals surface area contributed by atoms with Gasteiger partial charge in [-0.1, -0.05) is 12.1 Å². The zero-order chi connectivity index (χ0) is 18.6. The topological polar surface area (TPSA) is 56.1 Å². The van der Waals surface area contributed by atoms with Crippen LogP contribution >= 0.6 is 11.3 Å². The molecule has 4 aromatic rings. The van der Waals surface area contributed by atoms with E-state index < -0.39 is 0 Å². The lowest BCUT2D eigenvalue weighted by Crippen LogP contribution is -2.22. The molecule has 0 bridgehead atoms. The Morgan fingerprint density at radius 3 is 2.67 bits per heavy atom. The van der Waals surface area contributed by atoms with E-state index in [1.165, 1.54) is 11.3 Å². The van der Waals surface area contributed by atoms with E-state index in [2.05, 4.69) is 10.3 Å². The SMILES string of the molecule is CCOc1ccc(CNC(=O)c2sc3ncccc3c2-n2cccc2)cc1. The van der Waals surface area contributed by atoms with Gasteiger partial charge >= 0.3 is 0 Å². The van der Waals surface area contributed by atoms with Gasteiger partial charge in [0.1, 0.15) is 15.5 Å². The number of carbonyl (C=O) groups is 1. The van der Waals surface area contributed by atoms with E-state index in [0.29, 0.717) is 18.0 Å². The molecule has 0 spiro atoms. The molecule has 0 fully saturated rings. The van der Waals surface area contributed by atoms with E-state index in [1.54, 1.807) is 6.20 Å². The second kappa shape index (κ2) is 7.63. The van der Waals surface area contributed by atoms with Crippen molar-refractivity contribution in [3.8, 4) is 11.4 Å². The predicted octanol–water partition coefficient (Wildman–Crippen LogP) is 4.42. The van der Waals surface area contributed by atoms with Gasteiger partial charge in [-0.05, 0) is 48.9 Å². The number of nitrogens with one attached hydrogen (secondary N) is 1. The van der Waals surface area contributed by atoms with Crippen molar-refractivity contribution in [1.29, 1.82) is 0 Å². The van der Waals surface area contributed by atoms with Crippen molar-refractivity contribution >= 4 is 27.5 Å². The molecular formula is C21H19N3O2S. The van der Waals surface area contributed by atoms with Crippen LogP contribution in [-0.4, -0.2) is 22.1 Å². The molecule has 1 aromatic carbocycles. The van der Waals surface area contributed by atoms with E-state index in [0.717, 1.165) is 27.2 Å². The second-order valence-corrected chi connectivity index (χ2v) is 6.98. The Labute approximate surface area is 161 Å². The summed E-state index contributed by atoms with van der Waals surface area (Å²) in [6.45, 7) is 3.05. The number of nitrogens with zero attached hydrogens (tertiary/aromatic N) is 2. The highest BCUT2D eigenvalue weighted by Gasteiger charge is 2.20. The first-order valence-electron chi connectivity index (χ1n) is 8.77. The summed E-state index contributed by atoms with van der Waals surface area (Å²) < 4.78 is 7.42. The fraction of sp³-hybridized carbons (Fsp3) is 0.143. The Balaban J connectivity index is 1.58. The molecule has 5 nitrogen and oxygen atoms in total. The smallest absolute Gasteiger partial charge is 0.263 e. The summed E-state index contributed by atoms with van der Waals surface area (Å²) in [6.07, 6.45) is 5.63. The van der Waals surface area contributed by atoms with Crippen LogP contribution in [0.25, 0.3) is 15.9 Å². The minimum atomic E-state index is -0.101. The molecule has 0 radical (unpaired) electrons. The number of amides is 1. The van der Waals surface area contributed by atoms with Crippen LogP contribution in [-0.2, 0) is 6.54 Å². The number of hydrogen-bond donors (Lipinski definition) is 1. The highest BCUT2D eigenvalue weighted by Crippen LogP contribution is 2.33. The number of pyridine rings is 1. The van der Waals surface area contributed by atoms with Gasteiger partial charge in [-0.25, -0.2) is 4.98 Å². The van der Waals surface area contributed by atoms with Crippen molar-refractivity contribution in [2.75, 3.05) is 6.61 Å². The first-order chi connectivity index (χ1) is 13.3. The lowest BCUT2D eigenvalue weighted by molar-refractivity contribution is 0.0955. The number of rotatable bonds is 6. The molecule has 4 rings (SSSR count). The summed E-state index contributed by atoms with van der Waals surface area (Å²) in [4.78, 5) is 18.8. The average Bonchev–Trinajstić information content (AvgIpc) is 3.34. The Kier molecular flexibility index (Phi) is 4.89. The first kappa shape index (κ1) is 17.3. The van der Waals surface area contributed by atoms with E-state index >= 15 is 0 Å². The molecule has 27 heavy (non-hydrogen) atoms. The number of carbonyl (C=O) groups excluding carboxylic acids is 1. The number of ether oxygens (including phenoxy) is 1. The fourth-order valence-corrected chi connectivity index (χ4v) is 4.00. The van der Waals surface area contributed by atoms with E-state index in [4.69, 9.17) is 4.74 Å². The molecule has 3 heterocycles. The average molecular weight is 377 g/mol. The molecule has 0 saturated heterocycles. The van der Waals surface area contributed by atoms with Crippen LogP contribution in [0.3, 0.4) is 0 Å². The van der Waals surface area contributed by atoms with Gasteiger partial charge in [-0.2, -0.15) is 0 Å². The predicted molar refractivity (Wildman–Crippen MR) is 108 cm³/mol. The molecule has 0 unspecified atom stereocenters. The van der Waals surface area contributed by atoms with Gasteiger partial charge in [0.05, 0.1) is 12.3 Å². The van der Waals surface area contributed by atoms with E-state index in [9.17, 15) is 4.79 Å². The summed E-state index contributed by atoms with van der Waals surface area (Å²) in [7, 11) is 0. The van der Waals surface area contributed by atoms with Crippen molar-refractivity contribution in [3.05, 3.63) is 77.6 Å². The highest BCUT2D eigenvalue weighted by molar-refractivity contribution is 7.21. The molecule has 136 valence electrons. The van der Waals surface area contributed by atoms with Crippen LogP contribution in [0.15, 0.2) is 67.1 Å². The van der Waals surface area contributed by atoms with Gasteiger partial charge in [-0.3, -0.25) is 4.79 Å². The standard InChI is InChI=1S/C21H19N3O2S/c1-2-26-16-9-7-15(8-10-16)14-23-20(25)19-18(24-12-3-4-13-24)17-6-5-11-22-21(17)27-19/h3-13H,2,14H2,1H3,(H,23,25). The fourth-order valence-electron chi connectivity index (χ4n) is 2.95. The molecule has 1 amide bonds. The molecular weight excluding hydrogens is 358 g/mol. The normalized spacial score (nSPS) is 10.9. The number of benzene rings is 1. The maximum absolute atomic E-state index is 12.9. The summed E-state index contributed by atoms with van der Waals surface area (Å²) in [5.74, 6) is 0.730. The minimum absolute atomic E-state index is 0.101. The van der Waals surface area contributed by atoms with Crippen LogP contribution in [0.2, 0.25) is 0 Å². The lowest BCUT2D eigenvalue weighted by Gasteiger charge is -2.08. The Morgan fingerprint density at radius 2 is 1.93 bits per heavy atom. The molecule has 1 N–H and O–H groups in total. The van der Waals surface area contributed by atoms with E-state index in [-0.39, 0.29) is 5.91 Å². The number of hydrogen-bond acceptors (Lipinski definition) is 4. The van der Waals surface area contributed by atoms with Crippen LogP contribution in [0.1, 0.15) is 22.2 Å². The quantitative estimate of drug-likeness (QED) is 0.541. The third-order valence-corrected chi connectivity index (χ3v) is 5.30. The summed E-state index contributed by atoms with van der Waals surface area (Å²) in [6, 6.07) is 15.5. The van der Waals surface area contributed by atoms with Crippen LogP contribution in [0.4, 0.5) is 0 Å². The number of aromatic nitrogens is 2. The molecule has 0 aliphatic heterocycles. The molecule has 0 aliphatic rings. The first-order valence-corrected chi connectivity index (χ1v) is 9.58. The lowest BCUT2D eigenvalue weighted by atomic mass is 10.2. The third-order valence-electron chi connectivity index (χ3n) is 4.20. The van der Waals surface area contributed by atoms with Crippen molar-refractivity contribution < 1.29 is 9.53 Å². The molecule has 6 heteroatoms. The Bertz CT molecular complexity index is 1050. The van der Waals surface area contributed by atoms with Crippen LogP contribution in [0, 0.1) is 0 Å². The largest absolute Gasteiger partial charge is 0.494 e. The zero-order valence-electron chi connectivity index (χ0n) is 14.9. The van der Waals surface area contributed by atoms with Crippen molar-refractivity contribution in [2.45, 2.75) is 13.5 Å². The third kappa shape index (κ3) is 3.57. The number of fused-ring (bicyclic) bond motifs is 1. The van der Waals surface area contributed by atoms with E-state index in [1.807, 2.05) is 72.4 Å². The summed E-state index contributed by atoms with van der Waals surface area (Å²) >= 11 is 1.41. The van der Waals surface area contributed by atoms with Crippen LogP contribution in [0.5, 0.6) is 5.75 Å². The Morgan fingerprint density at radius 1 is 1.15 bits per heavy atom. The Hall–Kier alpha value is -3.12. The van der Waals surface area contributed by atoms with Crippen molar-refractivity contribution in [2.24, 2.45) is 0 Å². The van der Waals surface area contributed by atoms with Crippen molar-refractivity contribution in [3.63, 3.8) is 0 Å². The van der Waals surface area contributed by atoms with Gasteiger partial charge in [-0.15, -0.1) is 11.3 Å². The molecule has 0 aliphatic carbocycles. The maximum atomic E-state index is 12.9.